The van der Waals surface area contributed by atoms with Crippen molar-refractivity contribution in [1.82, 2.24) is 20.4 Å². The van der Waals surface area contributed by atoms with E-state index in [4.69, 9.17) is 4.52 Å². The van der Waals surface area contributed by atoms with E-state index >= 15 is 0 Å². The summed E-state index contributed by atoms with van der Waals surface area (Å²) in [5.74, 6) is 1.02. The number of nitrogens with one attached hydrogen (secondary N) is 1. The monoisotopic (exact) mass is 322 g/mol. The summed E-state index contributed by atoms with van der Waals surface area (Å²) in [5.41, 5.74) is 2.26. The number of carbonyl (C=O) groups excluding carboxylic acids is 1. The van der Waals surface area contributed by atoms with Crippen LogP contribution in [0.25, 0.3) is 11.0 Å². The van der Waals surface area contributed by atoms with Crippen molar-refractivity contribution in [2.45, 2.75) is 32.2 Å². The van der Waals surface area contributed by atoms with Crippen molar-refractivity contribution in [3.05, 3.63) is 53.7 Å². The molecule has 0 spiro atoms. The van der Waals surface area contributed by atoms with Gasteiger partial charge in [0.15, 0.2) is 11.4 Å². The van der Waals surface area contributed by atoms with Crippen LogP contribution in [0.3, 0.4) is 0 Å². The van der Waals surface area contributed by atoms with Crippen LogP contribution in [0.1, 0.15) is 36.1 Å². The topological polar surface area (TPSA) is 80.9 Å². The third kappa shape index (κ3) is 2.99. The molecule has 1 aromatic carbocycles. The van der Waals surface area contributed by atoms with Gasteiger partial charge in [0, 0.05) is 17.3 Å². The minimum atomic E-state index is -0.129. The van der Waals surface area contributed by atoms with Crippen molar-refractivity contribution >= 4 is 16.9 Å². The number of hydrogen-bond donors (Lipinski definition) is 1. The molecule has 1 N–H and O–H groups in total. The van der Waals surface area contributed by atoms with Crippen molar-refractivity contribution in [2.24, 2.45) is 5.92 Å². The highest BCUT2D eigenvalue weighted by molar-refractivity contribution is 5.86. The number of aryl methyl sites for hydroxylation is 1. The smallest absolute Gasteiger partial charge is 0.226 e. The van der Waals surface area contributed by atoms with Crippen LogP contribution in [0.5, 0.6) is 0 Å². The number of rotatable bonds is 5. The van der Waals surface area contributed by atoms with Crippen LogP contribution in [0, 0.1) is 12.8 Å². The van der Waals surface area contributed by atoms with Crippen LogP contribution in [0.15, 0.2) is 41.1 Å². The summed E-state index contributed by atoms with van der Waals surface area (Å²) in [4.78, 5) is 21.3. The molecule has 1 aliphatic carbocycles. The first-order valence-electron chi connectivity index (χ1n) is 8.13. The fourth-order valence-corrected chi connectivity index (χ4v) is 2.88. The highest BCUT2D eigenvalue weighted by atomic mass is 16.5. The SMILES string of the molecule is Cc1ccnc(C(NC(=O)Cc2noc3ccccc23)C2CC2)n1. The average Bonchev–Trinajstić information content (AvgIpc) is 3.35. The number of nitrogens with zero attached hydrogens (tertiary/aromatic N) is 3. The second-order valence-electron chi connectivity index (χ2n) is 6.24. The Morgan fingerprint density at radius 1 is 1.33 bits per heavy atom. The summed E-state index contributed by atoms with van der Waals surface area (Å²) < 4.78 is 5.26. The van der Waals surface area contributed by atoms with Crippen molar-refractivity contribution in [3.8, 4) is 0 Å². The van der Waals surface area contributed by atoms with E-state index in [1.54, 1.807) is 6.20 Å². The fraction of sp³-hybridized carbons (Fsp3) is 0.333. The zero-order valence-corrected chi connectivity index (χ0v) is 13.4. The predicted molar refractivity (Wildman–Crippen MR) is 88.1 cm³/mol. The van der Waals surface area contributed by atoms with Crippen molar-refractivity contribution in [1.29, 1.82) is 0 Å². The van der Waals surface area contributed by atoms with E-state index in [-0.39, 0.29) is 18.4 Å². The predicted octanol–water partition coefficient (Wildman–Crippen LogP) is 2.74. The molecule has 1 aliphatic rings. The van der Waals surface area contributed by atoms with Gasteiger partial charge in [0.05, 0.1) is 12.5 Å². The van der Waals surface area contributed by atoms with Gasteiger partial charge in [0.2, 0.25) is 5.91 Å². The normalized spacial score (nSPS) is 15.4. The van der Waals surface area contributed by atoms with E-state index in [1.165, 1.54) is 0 Å². The first-order valence-corrected chi connectivity index (χ1v) is 8.13. The summed E-state index contributed by atoms with van der Waals surface area (Å²) >= 11 is 0. The third-order valence-electron chi connectivity index (χ3n) is 4.28. The van der Waals surface area contributed by atoms with Gasteiger partial charge >= 0.3 is 0 Å². The maximum absolute atomic E-state index is 12.5. The van der Waals surface area contributed by atoms with Gasteiger partial charge in [-0.25, -0.2) is 9.97 Å². The number of hydrogen-bond acceptors (Lipinski definition) is 5. The van der Waals surface area contributed by atoms with Gasteiger partial charge in [-0.3, -0.25) is 4.79 Å². The molecule has 6 heteroatoms. The first kappa shape index (κ1) is 14.8. The average molecular weight is 322 g/mol. The van der Waals surface area contributed by atoms with E-state index in [0.29, 0.717) is 23.0 Å². The molecule has 4 rings (SSSR count). The molecule has 1 amide bonds. The molecule has 3 aromatic rings. The van der Waals surface area contributed by atoms with Crippen molar-refractivity contribution in [2.75, 3.05) is 0 Å². The highest BCUT2D eigenvalue weighted by Crippen LogP contribution is 2.40. The van der Waals surface area contributed by atoms with Gasteiger partial charge in [0.1, 0.15) is 5.69 Å². The maximum Gasteiger partial charge on any atom is 0.226 e. The van der Waals surface area contributed by atoms with Crippen LogP contribution >= 0.6 is 0 Å². The van der Waals surface area contributed by atoms with Gasteiger partial charge in [-0.2, -0.15) is 0 Å². The number of para-hydroxylation sites is 1. The number of fused-ring (bicyclic) bond motifs is 1. The summed E-state index contributed by atoms with van der Waals surface area (Å²) in [7, 11) is 0. The van der Waals surface area contributed by atoms with Crippen LogP contribution < -0.4 is 5.32 Å². The Balaban J connectivity index is 1.51. The minimum Gasteiger partial charge on any atom is -0.356 e. The summed E-state index contributed by atoms with van der Waals surface area (Å²) in [6.07, 6.45) is 4.11. The molecule has 0 aliphatic heterocycles. The molecule has 1 unspecified atom stereocenters. The lowest BCUT2D eigenvalue weighted by Crippen LogP contribution is -2.32. The van der Waals surface area contributed by atoms with Crippen LogP contribution in [0.2, 0.25) is 0 Å². The maximum atomic E-state index is 12.5. The molecule has 24 heavy (non-hydrogen) atoms. The number of benzene rings is 1. The zero-order valence-electron chi connectivity index (χ0n) is 13.4. The Kier molecular flexibility index (Phi) is 3.72. The highest BCUT2D eigenvalue weighted by Gasteiger charge is 2.35. The van der Waals surface area contributed by atoms with E-state index in [2.05, 4.69) is 20.4 Å². The third-order valence-corrected chi connectivity index (χ3v) is 4.28. The van der Waals surface area contributed by atoms with Crippen molar-refractivity contribution < 1.29 is 9.32 Å². The molecule has 0 saturated heterocycles. The van der Waals surface area contributed by atoms with Gasteiger partial charge in [-0.05, 0) is 43.9 Å². The van der Waals surface area contributed by atoms with Gasteiger partial charge in [-0.15, -0.1) is 0 Å². The fourth-order valence-electron chi connectivity index (χ4n) is 2.88. The Labute approximate surface area is 139 Å². The van der Waals surface area contributed by atoms with Crippen LogP contribution in [-0.4, -0.2) is 21.0 Å². The molecule has 1 fully saturated rings. The summed E-state index contributed by atoms with van der Waals surface area (Å²) in [5, 5.41) is 7.98. The largest absolute Gasteiger partial charge is 0.356 e. The lowest BCUT2D eigenvalue weighted by Gasteiger charge is -2.16. The number of carbonyl (C=O) groups is 1. The second kappa shape index (κ2) is 6.03. The summed E-state index contributed by atoms with van der Waals surface area (Å²) in [6, 6.07) is 9.28. The van der Waals surface area contributed by atoms with Gasteiger partial charge in [0.25, 0.3) is 0 Å². The summed E-state index contributed by atoms with van der Waals surface area (Å²) in [6.45, 7) is 1.93. The number of aromatic nitrogens is 3. The molecule has 2 heterocycles. The van der Waals surface area contributed by atoms with E-state index in [1.807, 2.05) is 37.3 Å². The molecule has 1 saturated carbocycles. The molecule has 6 nitrogen and oxygen atoms in total. The molecule has 122 valence electrons. The molecule has 0 bridgehead atoms. The lowest BCUT2D eigenvalue weighted by atomic mass is 10.1. The van der Waals surface area contributed by atoms with E-state index in [9.17, 15) is 4.79 Å². The minimum absolute atomic E-state index is 0.0870. The molecular weight excluding hydrogens is 304 g/mol. The molecule has 1 atom stereocenters. The van der Waals surface area contributed by atoms with Crippen LogP contribution in [-0.2, 0) is 11.2 Å². The van der Waals surface area contributed by atoms with Crippen molar-refractivity contribution in [3.63, 3.8) is 0 Å². The van der Waals surface area contributed by atoms with E-state index in [0.717, 1.165) is 23.9 Å². The molecular formula is C18H18N4O2. The Morgan fingerprint density at radius 3 is 2.96 bits per heavy atom. The lowest BCUT2D eigenvalue weighted by molar-refractivity contribution is -0.121. The zero-order chi connectivity index (χ0) is 16.5. The number of amides is 1. The van der Waals surface area contributed by atoms with Gasteiger partial charge < -0.3 is 9.84 Å². The quantitative estimate of drug-likeness (QED) is 0.781. The van der Waals surface area contributed by atoms with Gasteiger partial charge in [-0.1, -0.05) is 17.3 Å². The first-order chi connectivity index (χ1) is 11.7. The standard InChI is InChI=1S/C18H18N4O2/c1-11-8-9-19-18(20-11)17(12-6-7-12)21-16(23)10-14-13-4-2-3-5-15(13)24-22-14/h2-5,8-9,12,17H,6-7,10H2,1H3,(H,21,23). The van der Waals surface area contributed by atoms with Crippen LogP contribution in [0.4, 0.5) is 0 Å². The second-order valence-corrected chi connectivity index (χ2v) is 6.24. The Hall–Kier alpha value is -2.76. The Bertz CT molecular complexity index is 885. The molecule has 0 radical (unpaired) electrons. The molecule has 2 aromatic heterocycles. The van der Waals surface area contributed by atoms with E-state index < -0.39 is 0 Å². The Morgan fingerprint density at radius 2 is 2.17 bits per heavy atom.